The number of halogens is 1. The van der Waals surface area contributed by atoms with Gasteiger partial charge in [0, 0.05) is 25.6 Å². The van der Waals surface area contributed by atoms with Crippen molar-refractivity contribution in [2.75, 3.05) is 6.54 Å². The molecule has 144 valence electrons. The summed E-state index contributed by atoms with van der Waals surface area (Å²) in [6.45, 7) is 2.84. The van der Waals surface area contributed by atoms with E-state index in [4.69, 9.17) is 5.73 Å². The number of hydrogen-bond donors (Lipinski definition) is 2. The van der Waals surface area contributed by atoms with Gasteiger partial charge in [0.1, 0.15) is 6.04 Å². The van der Waals surface area contributed by atoms with Gasteiger partial charge in [-0.05, 0) is 24.5 Å². The Bertz CT molecular complexity index is 765. The zero-order chi connectivity index (χ0) is 18.5. The fraction of sp³-hybridized carbons (Fsp3) is 0.333. The van der Waals surface area contributed by atoms with Gasteiger partial charge >= 0.3 is 0 Å². The zero-order valence-corrected chi connectivity index (χ0v) is 16.2. The summed E-state index contributed by atoms with van der Waals surface area (Å²) in [7, 11) is 0. The number of hydrogen-bond acceptors (Lipinski definition) is 3. The Morgan fingerprint density at radius 2 is 1.85 bits per heavy atom. The first-order valence-corrected chi connectivity index (χ1v) is 8.98. The van der Waals surface area contributed by atoms with Crippen LogP contribution in [0.1, 0.15) is 35.6 Å². The maximum Gasteiger partial charge on any atom is 0.242 e. The van der Waals surface area contributed by atoms with Gasteiger partial charge in [-0.2, -0.15) is 0 Å². The minimum absolute atomic E-state index is 0. The van der Waals surface area contributed by atoms with Gasteiger partial charge in [0.2, 0.25) is 11.8 Å². The molecule has 2 unspecified atom stereocenters. The van der Waals surface area contributed by atoms with Crippen LogP contribution in [-0.4, -0.2) is 29.3 Å². The molecule has 27 heavy (non-hydrogen) atoms. The number of amides is 2. The number of aryl methyl sites for hydroxylation is 1. The lowest BCUT2D eigenvalue weighted by molar-refractivity contribution is -0.135. The molecule has 0 spiro atoms. The van der Waals surface area contributed by atoms with Crippen LogP contribution in [0.3, 0.4) is 0 Å². The van der Waals surface area contributed by atoms with Gasteiger partial charge in [0.05, 0.1) is 0 Å². The Hall–Kier alpha value is -2.37. The maximum absolute atomic E-state index is 12.6. The minimum atomic E-state index is -0.424. The first kappa shape index (κ1) is 20.9. The number of rotatable bonds is 6. The number of nitrogens with one attached hydrogen (secondary N) is 1. The minimum Gasteiger partial charge on any atom is -0.352 e. The van der Waals surface area contributed by atoms with Gasteiger partial charge in [-0.1, -0.05) is 60.2 Å². The molecule has 1 saturated heterocycles. The third-order valence-corrected chi connectivity index (χ3v) is 4.83. The fourth-order valence-electron chi connectivity index (χ4n) is 3.24. The summed E-state index contributed by atoms with van der Waals surface area (Å²) in [6.07, 6.45) is 0.964. The van der Waals surface area contributed by atoms with E-state index in [1.54, 1.807) is 4.90 Å². The van der Waals surface area contributed by atoms with Gasteiger partial charge in [-0.15, -0.1) is 12.4 Å². The van der Waals surface area contributed by atoms with E-state index >= 15 is 0 Å². The quantitative estimate of drug-likeness (QED) is 0.800. The summed E-state index contributed by atoms with van der Waals surface area (Å²) in [6, 6.07) is 17.0. The molecule has 2 aromatic rings. The van der Waals surface area contributed by atoms with Gasteiger partial charge < -0.3 is 16.0 Å². The van der Waals surface area contributed by atoms with Crippen molar-refractivity contribution in [1.82, 2.24) is 10.2 Å². The second-order valence-corrected chi connectivity index (χ2v) is 6.82. The van der Waals surface area contributed by atoms with Crippen molar-refractivity contribution in [3.05, 3.63) is 71.3 Å². The van der Waals surface area contributed by atoms with Crippen molar-refractivity contribution in [2.45, 2.75) is 38.4 Å². The third-order valence-electron chi connectivity index (χ3n) is 4.83. The monoisotopic (exact) mass is 387 g/mol. The average molecular weight is 388 g/mol. The molecule has 6 heteroatoms. The summed E-state index contributed by atoms with van der Waals surface area (Å²) in [5.74, 6) is -0.104. The number of nitrogens with zero attached hydrogens (tertiary/aromatic N) is 1. The number of nitrogens with two attached hydrogens (primary N) is 1. The molecular weight excluding hydrogens is 362 g/mol. The van der Waals surface area contributed by atoms with Crippen LogP contribution in [-0.2, 0) is 16.1 Å². The van der Waals surface area contributed by atoms with E-state index in [1.807, 2.05) is 61.5 Å². The van der Waals surface area contributed by atoms with E-state index in [2.05, 4.69) is 5.32 Å². The first-order chi connectivity index (χ1) is 12.5. The molecule has 5 nitrogen and oxygen atoms in total. The highest BCUT2D eigenvalue weighted by molar-refractivity contribution is 5.90. The second kappa shape index (κ2) is 9.53. The van der Waals surface area contributed by atoms with Crippen molar-refractivity contribution >= 4 is 24.2 Å². The molecular formula is C21H26ClN3O2. The van der Waals surface area contributed by atoms with Gasteiger partial charge in [-0.25, -0.2) is 0 Å². The maximum atomic E-state index is 12.6. The van der Waals surface area contributed by atoms with E-state index < -0.39 is 6.04 Å². The highest BCUT2D eigenvalue weighted by Gasteiger charge is 2.35. The molecule has 1 heterocycles. The SMILES string of the molecule is Cc1ccc(CN2C(=O)CCC2C(=O)NCC(N)c2ccccc2)cc1.Cl. The van der Waals surface area contributed by atoms with Crippen LogP contribution < -0.4 is 11.1 Å². The van der Waals surface area contributed by atoms with Crippen LogP contribution in [0.4, 0.5) is 0 Å². The topological polar surface area (TPSA) is 75.4 Å². The summed E-state index contributed by atoms with van der Waals surface area (Å²) in [5.41, 5.74) is 9.33. The van der Waals surface area contributed by atoms with Gasteiger partial charge in [-0.3, -0.25) is 9.59 Å². The Morgan fingerprint density at radius 1 is 1.19 bits per heavy atom. The van der Waals surface area contributed by atoms with E-state index in [0.717, 1.165) is 11.1 Å². The molecule has 3 N–H and O–H groups in total. The van der Waals surface area contributed by atoms with Crippen LogP contribution >= 0.6 is 12.4 Å². The van der Waals surface area contributed by atoms with Crippen LogP contribution in [0.15, 0.2) is 54.6 Å². The Kier molecular flexibility index (Phi) is 7.39. The van der Waals surface area contributed by atoms with Crippen molar-refractivity contribution in [1.29, 1.82) is 0 Å². The highest BCUT2D eigenvalue weighted by atomic mass is 35.5. The van der Waals surface area contributed by atoms with Crippen molar-refractivity contribution < 1.29 is 9.59 Å². The highest BCUT2D eigenvalue weighted by Crippen LogP contribution is 2.22. The van der Waals surface area contributed by atoms with Gasteiger partial charge in [0.15, 0.2) is 0 Å². The summed E-state index contributed by atoms with van der Waals surface area (Å²) in [5, 5.41) is 2.91. The van der Waals surface area contributed by atoms with Crippen molar-refractivity contribution in [3.8, 4) is 0 Å². The summed E-state index contributed by atoms with van der Waals surface area (Å²) >= 11 is 0. The standard InChI is InChI=1S/C21H25N3O2.ClH/c1-15-7-9-16(10-8-15)14-24-19(11-12-20(24)25)21(26)23-13-18(22)17-5-3-2-4-6-17;/h2-10,18-19H,11-14,22H2,1H3,(H,23,26);1H. The van der Waals surface area contributed by atoms with E-state index in [-0.39, 0.29) is 30.3 Å². The third kappa shape index (κ3) is 5.31. The predicted molar refractivity (Wildman–Crippen MR) is 108 cm³/mol. The number of benzene rings is 2. The van der Waals surface area contributed by atoms with Crippen molar-refractivity contribution in [3.63, 3.8) is 0 Å². The second-order valence-electron chi connectivity index (χ2n) is 6.82. The molecule has 0 radical (unpaired) electrons. The zero-order valence-electron chi connectivity index (χ0n) is 15.4. The lowest BCUT2D eigenvalue weighted by Gasteiger charge is -2.25. The molecule has 2 aromatic carbocycles. The molecule has 1 aliphatic rings. The molecule has 2 atom stereocenters. The molecule has 3 rings (SSSR count). The number of carbonyl (C=O) groups excluding carboxylic acids is 2. The average Bonchev–Trinajstić information content (AvgIpc) is 3.02. The van der Waals surface area contributed by atoms with E-state index in [9.17, 15) is 9.59 Å². The summed E-state index contributed by atoms with van der Waals surface area (Å²) < 4.78 is 0. The van der Waals surface area contributed by atoms with Crippen LogP contribution in [0, 0.1) is 6.92 Å². The Balaban J connectivity index is 0.00000261. The Morgan fingerprint density at radius 3 is 2.52 bits per heavy atom. The molecule has 2 amide bonds. The predicted octanol–water partition coefficient (Wildman–Crippen LogP) is 2.72. The first-order valence-electron chi connectivity index (χ1n) is 8.98. The molecule has 0 saturated carbocycles. The lowest BCUT2D eigenvalue weighted by Crippen LogP contribution is -2.46. The molecule has 0 bridgehead atoms. The Labute approximate surface area is 166 Å². The van der Waals surface area contributed by atoms with Gasteiger partial charge in [0.25, 0.3) is 0 Å². The smallest absolute Gasteiger partial charge is 0.242 e. The lowest BCUT2D eigenvalue weighted by atomic mass is 10.1. The van der Waals surface area contributed by atoms with Crippen molar-refractivity contribution in [2.24, 2.45) is 5.73 Å². The number of carbonyl (C=O) groups is 2. The van der Waals surface area contributed by atoms with Crippen LogP contribution in [0.5, 0.6) is 0 Å². The van der Waals surface area contributed by atoms with E-state index in [0.29, 0.717) is 25.9 Å². The summed E-state index contributed by atoms with van der Waals surface area (Å²) in [4.78, 5) is 26.5. The normalized spacial score (nSPS) is 17.3. The van der Waals surface area contributed by atoms with Crippen LogP contribution in [0.2, 0.25) is 0 Å². The molecule has 0 aromatic heterocycles. The van der Waals surface area contributed by atoms with Crippen LogP contribution in [0.25, 0.3) is 0 Å². The molecule has 1 fully saturated rings. The fourth-order valence-corrected chi connectivity index (χ4v) is 3.24. The molecule has 0 aliphatic carbocycles. The van der Waals surface area contributed by atoms with E-state index in [1.165, 1.54) is 5.56 Å². The number of likely N-dealkylation sites (tertiary alicyclic amines) is 1. The largest absolute Gasteiger partial charge is 0.352 e. The molecule has 1 aliphatic heterocycles.